The molecule has 0 aromatic heterocycles. The second-order valence-corrected chi connectivity index (χ2v) is 8.12. The molecule has 1 aromatic rings. The minimum absolute atomic E-state index is 0. The second-order valence-electron chi connectivity index (χ2n) is 8.12. The number of guanidine groups is 1. The van der Waals surface area contributed by atoms with Gasteiger partial charge in [-0.15, -0.1) is 24.0 Å². The summed E-state index contributed by atoms with van der Waals surface area (Å²) in [5, 5.41) is 3.34. The number of piperidine rings is 1. The Hall–Kier alpha value is -1.62. The van der Waals surface area contributed by atoms with Gasteiger partial charge in [-0.1, -0.05) is 13.0 Å². The number of anilines is 1. The monoisotopic (exact) mass is 561 g/mol. The standard InChI is InChI=1S/C23H36FN5O2.HI/c1-4-27-12-14-28(15-13-27)21-7-6-18(16-20(21)24)17-26-23(25-3)29-10-8-19(9-11-29)22(30)31-5-2;/h6-7,16,19H,4-5,8-15,17H2,1-3H3,(H,25,26);1H. The van der Waals surface area contributed by atoms with E-state index in [0.717, 1.165) is 70.2 Å². The molecule has 1 N–H and O–H groups in total. The molecule has 0 bridgehead atoms. The summed E-state index contributed by atoms with van der Waals surface area (Å²) in [5.41, 5.74) is 1.57. The molecule has 0 spiro atoms. The van der Waals surface area contributed by atoms with Crippen LogP contribution in [0.15, 0.2) is 23.2 Å². The third-order valence-electron chi connectivity index (χ3n) is 6.25. The fourth-order valence-corrected chi connectivity index (χ4v) is 4.32. The lowest BCUT2D eigenvalue weighted by atomic mass is 9.97. The number of ether oxygens (including phenoxy) is 1. The summed E-state index contributed by atoms with van der Waals surface area (Å²) in [6.07, 6.45) is 1.52. The highest BCUT2D eigenvalue weighted by Gasteiger charge is 2.27. The van der Waals surface area contributed by atoms with Crippen molar-refractivity contribution in [1.29, 1.82) is 0 Å². The topological polar surface area (TPSA) is 60.4 Å². The number of carbonyl (C=O) groups is 1. The molecule has 0 amide bonds. The van der Waals surface area contributed by atoms with Crippen molar-refractivity contribution in [3.05, 3.63) is 29.6 Å². The van der Waals surface area contributed by atoms with Crippen molar-refractivity contribution >= 4 is 41.6 Å². The molecule has 2 heterocycles. The number of benzene rings is 1. The summed E-state index contributed by atoms with van der Waals surface area (Å²) in [6, 6.07) is 5.49. The van der Waals surface area contributed by atoms with Gasteiger partial charge in [0, 0.05) is 52.9 Å². The Morgan fingerprint density at radius 1 is 1.16 bits per heavy atom. The van der Waals surface area contributed by atoms with E-state index in [9.17, 15) is 9.18 Å². The summed E-state index contributed by atoms with van der Waals surface area (Å²) in [6.45, 7) is 11.1. The number of piperazine rings is 1. The van der Waals surface area contributed by atoms with Gasteiger partial charge in [-0.3, -0.25) is 9.79 Å². The van der Waals surface area contributed by atoms with E-state index in [1.807, 2.05) is 19.1 Å². The minimum atomic E-state index is -0.172. The zero-order valence-electron chi connectivity index (χ0n) is 19.5. The molecular formula is C23H37FIN5O2. The fourth-order valence-electron chi connectivity index (χ4n) is 4.32. The number of likely N-dealkylation sites (N-methyl/N-ethyl adjacent to an activating group) is 1. The van der Waals surface area contributed by atoms with Gasteiger partial charge in [-0.2, -0.15) is 0 Å². The third-order valence-corrected chi connectivity index (χ3v) is 6.25. The van der Waals surface area contributed by atoms with Crippen molar-refractivity contribution in [1.82, 2.24) is 15.1 Å². The highest BCUT2D eigenvalue weighted by Crippen LogP contribution is 2.22. The minimum Gasteiger partial charge on any atom is -0.466 e. The van der Waals surface area contributed by atoms with E-state index in [1.54, 1.807) is 13.1 Å². The number of carbonyl (C=O) groups excluding carboxylic acids is 1. The molecule has 2 aliphatic heterocycles. The molecule has 7 nitrogen and oxygen atoms in total. The summed E-state index contributed by atoms with van der Waals surface area (Å²) in [7, 11) is 1.75. The van der Waals surface area contributed by atoms with Gasteiger partial charge in [0.25, 0.3) is 0 Å². The lowest BCUT2D eigenvalue weighted by Gasteiger charge is -2.35. The van der Waals surface area contributed by atoms with Crippen LogP contribution in [0.25, 0.3) is 0 Å². The maximum atomic E-state index is 14.8. The van der Waals surface area contributed by atoms with Crippen LogP contribution in [0.3, 0.4) is 0 Å². The molecule has 0 unspecified atom stereocenters. The lowest BCUT2D eigenvalue weighted by molar-refractivity contribution is -0.149. The number of esters is 1. The molecule has 0 saturated carbocycles. The zero-order chi connectivity index (χ0) is 22.2. The Morgan fingerprint density at radius 3 is 2.41 bits per heavy atom. The van der Waals surface area contributed by atoms with Crippen molar-refractivity contribution in [2.45, 2.75) is 33.2 Å². The number of hydrogen-bond acceptors (Lipinski definition) is 5. The Balaban J connectivity index is 0.00000363. The van der Waals surface area contributed by atoms with Crippen molar-refractivity contribution in [2.75, 3.05) is 64.4 Å². The van der Waals surface area contributed by atoms with Crippen LogP contribution < -0.4 is 10.2 Å². The van der Waals surface area contributed by atoms with Crippen molar-refractivity contribution in [3.8, 4) is 0 Å². The first-order valence-electron chi connectivity index (χ1n) is 11.4. The van der Waals surface area contributed by atoms with Gasteiger partial charge in [0.05, 0.1) is 18.2 Å². The van der Waals surface area contributed by atoms with E-state index in [1.165, 1.54) is 0 Å². The van der Waals surface area contributed by atoms with Gasteiger partial charge in [-0.25, -0.2) is 4.39 Å². The van der Waals surface area contributed by atoms with E-state index in [4.69, 9.17) is 4.74 Å². The Kier molecular flexibility index (Phi) is 11.0. The van der Waals surface area contributed by atoms with E-state index in [0.29, 0.717) is 18.8 Å². The second kappa shape index (κ2) is 13.2. The molecule has 0 atom stereocenters. The number of likely N-dealkylation sites (tertiary alicyclic amines) is 1. The van der Waals surface area contributed by atoms with Gasteiger partial charge >= 0.3 is 5.97 Å². The van der Waals surface area contributed by atoms with Gasteiger partial charge in [0.2, 0.25) is 0 Å². The molecule has 0 aliphatic carbocycles. The van der Waals surface area contributed by atoms with Crippen molar-refractivity contribution in [2.24, 2.45) is 10.9 Å². The third kappa shape index (κ3) is 6.94. The number of rotatable bonds is 6. The van der Waals surface area contributed by atoms with Crippen molar-refractivity contribution in [3.63, 3.8) is 0 Å². The molecule has 9 heteroatoms. The van der Waals surface area contributed by atoms with E-state index in [-0.39, 0.29) is 41.7 Å². The molecule has 3 rings (SSSR count). The maximum absolute atomic E-state index is 14.8. The lowest BCUT2D eigenvalue weighted by Crippen LogP contribution is -2.46. The van der Waals surface area contributed by atoms with E-state index in [2.05, 4.69) is 31.9 Å². The smallest absolute Gasteiger partial charge is 0.309 e. The van der Waals surface area contributed by atoms with Gasteiger partial charge in [0.15, 0.2) is 5.96 Å². The molecule has 2 fully saturated rings. The van der Waals surface area contributed by atoms with Crippen LogP contribution in [0, 0.1) is 11.7 Å². The Morgan fingerprint density at radius 2 is 1.84 bits per heavy atom. The summed E-state index contributed by atoms with van der Waals surface area (Å²) in [5.74, 6) is 0.476. The molecule has 32 heavy (non-hydrogen) atoms. The maximum Gasteiger partial charge on any atom is 0.309 e. The van der Waals surface area contributed by atoms with Crippen LogP contribution in [-0.4, -0.2) is 81.2 Å². The first kappa shape index (κ1) is 26.6. The Bertz CT molecular complexity index is 763. The van der Waals surface area contributed by atoms with E-state index < -0.39 is 0 Å². The number of nitrogens with one attached hydrogen (secondary N) is 1. The first-order chi connectivity index (χ1) is 15.0. The summed E-state index contributed by atoms with van der Waals surface area (Å²) >= 11 is 0. The van der Waals surface area contributed by atoms with Gasteiger partial charge in [0.1, 0.15) is 5.82 Å². The average molecular weight is 561 g/mol. The summed E-state index contributed by atoms with van der Waals surface area (Å²) < 4.78 is 19.9. The number of aliphatic imine (C=N–C) groups is 1. The SMILES string of the molecule is CCOC(=O)C1CCN(C(=NC)NCc2ccc(N3CCN(CC)CC3)c(F)c2)CC1.I. The van der Waals surface area contributed by atoms with Crippen LogP contribution in [-0.2, 0) is 16.1 Å². The molecular weight excluding hydrogens is 524 g/mol. The number of halogens is 2. The zero-order valence-corrected chi connectivity index (χ0v) is 21.8. The summed E-state index contributed by atoms with van der Waals surface area (Å²) in [4.78, 5) is 23.0. The predicted octanol–water partition coefficient (Wildman–Crippen LogP) is 2.94. The molecule has 0 radical (unpaired) electrons. The predicted molar refractivity (Wildman–Crippen MR) is 137 cm³/mol. The highest BCUT2D eigenvalue weighted by molar-refractivity contribution is 14.0. The first-order valence-corrected chi connectivity index (χ1v) is 11.4. The Labute approximate surface area is 208 Å². The van der Waals surface area contributed by atoms with Crippen LogP contribution in [0.4, 0.5) is 10.1 Å². The molecule has 2 saturated heterocycles. The number of hydrogen-bond donors (Lipinski definition) is 1. The van der Waals surface area contributed by atoms with Gasteiger partial charge < -0.3 is 24.8 Å². The van der Waals surface area contributed by atoms with Crippen LogP contribution >= 0.6 is 24.0 Å². The van der Waals surface area contributed by atoms with Crippen LogP contribution in [0.5, 0.6) is 0 Å². The van der Waals surface area contributed by atoms with E-state index >= 15 is 0 Å². The number of nitrogens with zero attached hydrogens (tertiary/aromatic N) is 4. The largest absolute Gasteiger partial charge is 0.466 e. The molecule has 180 valence electrons. The van der Waals surface area contributed by atoms with Crippen molar-refractivity contribution < 1.29 is 13.9 Å². The van der Waals surface area contributed by atoms with Crippen LogP contribution in [0.2, 0.25) is 0 Å². The molecule has 1 aromatic carbocycles. The fraction of sp³-hybridized carbons (Fsp3) is 0.652. The average Bonchev–Trinajstić information content (AvgIpc) is 2.80. The quantitative estimate of drug-likeness (QED) is 0.250. The van der Waals surface area contributed by atoms with Gasteiger partial charge in [-0.05, 0) is 44.0 Å². The molecule has 2 aliphatic rings. The normalized spacial score (nSPS) is 18.3. The highest BCUT2D eigenvalue weighted by atomic mass is 127. The van der Waals surface area contributed by atoms with Crippen LogP contribution in [0.1, 0.15) is 32.3 Å².